The van der Waals surface area contributed by atoms with E-state index in [1.165, 1.54) is 18.2 Å². The Morgan fingerprint density at radius 2 is 1.72 bits per heavy atom. The molecule has 0 aliphatic rings. The highest BCUT2D eigenvalue weighted by molar-refractivity contribution is 6.20. The second-order valence-corrected chi connectivity index (χ2v) is 4.83. The fourth-order valence-corrected chi connectivity index (χ4v) is 2.12. The van der Waals surface area contributed by atoms with Crippen LogP contribution in [0.25, 0.3) is 0 Å². The van der Waals surface area contributed by atoms with Gasteiger partial charge in [-0.1, -0.05) is 24.3 Å². The molecule has 0 aliphatic carbocycles. The molecule has 0 saturated carbocycles. The van der Waals surface area contributed by atoms with E-state index in [9.17, 15) is 8.78 Å². The van der Waals surface area contributed by atoms with E-state index in [4.69, 9.17) is 11.6 Å². The third-order valence-electron chi connectivity index (χ3n) is 2.87. The quantitative estimate of drug-likeness (QED) is 0.701. The van der Waals surface area contributed by atoms with Crippen LogP contribution in [0.3, 0.4) is 0 Å². The molecule has 3 heteroatoms. The topological polar surface area (TPSA) is 0 Å². The highest BCUT2D eigenvalue weighted by atomic mass is 35.5. The summed E-state index contributed by atoms with van der Waals surface area (Å²) < 4.78 is 25.9. The Labute approximate surface area is 110 Å². The SMILES string of the molecule is Cc1cc(C(Cl)Cc2ccc(F)cc2)ccc1F. The molecule has 0 bridgehead atoms. The summed E-state index contributed by atoms with van der Waals surface area (Å²) >= 11 is 6.29. The molecule has 0 N–H and O–H groups in total. The molecule has 2 aromatic rings. The fourth-order valence-electron chi connectivity index (χ4n) is 1.81. The number of aryl methyl sites for hydroxylation is 1. The molecule has 2 rings (SSSR count). The van der Waals surface area contributed by atoms with Gasteiger partial charge in [0.2, 0.25) is 0 Å². The van der Waals surface area contributed by atoms with E-state index in [2.05, 4.69) is 0 Å². The van der Waals surface area contributed by atoms with E-state index < -0.39 is 0 Å². The molecule has 1 unspecified atom stereocenters. The third-order valence-corrected chi connectivity index (χ3v) is 3.28. The van der Waals surface area contributed by atoms with Crippen molar-refractivity contribution in [3.8, 4) is 0 Å². The number of alkyl halides is 1. The Bertz CT molecular complexity index is 535. The largest absolute Gasteiger partial charge is 0.207 e. The molecule has 0 aliphatic heterocycles. The molecule has 18 heavy (non-hydrogen) atoms. The predicted octanol–water partition coefficient (Wildman–Crippen LogP) is 4.80. The molecular weight excluding hydrogens is 254 g/mol. The third kappa shape index (κ3) is 3.08. The Balaban J connectivity index is 2.13. The number of halogens is 3. The number of hydrogen-bond donors (Lipinski definition) is 0. The summed E-state index contributed by atoms with van der Waals surface area (Å²) in [6.45, 7) is 1.71. The van der Waals surface area contributed by atoms with Gasteiger partial charge in [0, 0.05) is 0 Å². The van der Waals surface area contributed by atoms with E-state index in [1.807, 2.05) is 0 Å². The second-order valence-electron chi connectivity index (χ2n) is 4.31. The van der Waals surface area contributed by atoms with Crippen LogP contribution in [0.15, 0.2) is 42.5 Å². The van der Waals surface area contributed by atoms with Gasteiger partial charge in [0.05, 0.1) is 5.38 Å². The van der Waals surface area contributed by atoms with Gasteiger partial charge in [0.15, 0.2) is 0 Å². The lowest BCUT2D eigenvalue weighted by Gasteiger charge is -2.11. The van der Waals surface area contributed by atoms with Crippen molar-refractivity contribution in [3.05, 3.63) is 70.8 Å². The van der Waals surface area contributed by atoms with Gasteiger partial charge in [-0.05, 0) is 48.2 Å². The van der Waals surface area contributed by atoms with E-state index in [1.54, 1.807) is 31.2 Å². The highest BCUT2D eigenvalue weighted by Gasteiger charge is 2.10. The first kappa shape index (κ1) is 13.0. The van der Waals surface area contributed by atoms with Crippen molar-refractivity contribution in [2.24, 2.45) is 0 Å². The number of hydrogen-bond acceptors (Lipinski definition) is 0. The van der Waals surface area contributed by atoms with Gasteiger partial charge in [0.1, 0.15) is 11.6 Å². The maximum Gasteiger partial charge on any atom is 0.126 e. The van der Waals surface area contributed by atoms with Crippen LogP contribution in [-0.4, -0.2) is 0 Å². The first-order valence-corrected chi connectivity index (χ1v) is 6.14. The van der Waals surface area contributed by atoms with Gasteiger partial charge < -0.3 is 0 Å². The monoisotopic (exact) mass is 266 g/mol. The summed E-state index contributed by atoms with van der Waals surface area (Å²) in [7, 11) is 0. The van der Waals surface area contributed by atoms with Gasteiger partial charge >= 0.3 is 0 Å². The Morgan fingerprint density at radius 1 is 1.06 bits per heavy atom. The average Bonchev–Trinajstić information content (AvgIpc) is 2.35. The summed E-state index contributed by atoms with van der Waals surface area (Å²) in [4.78, 5) is 0. The number of rotatable bonds is 3. The normalized spacial score (nSPS) is 12.4. The lowest BCUT2D eigenvalue weighted by Crippen LogP contribution is -1.97. The molecule has 0 nitrogen and oxygen atoms in total. The minimum absolute atomic E-state index is 0.232. The van der Waals surface area contributed by atoms with Crippen molar-refractivity contribution in [1.29, 1.82) is 0 Å². The maximum atomic E-state index is 13.1. The second kappa shape index (κ2) is 5.49. The molecular formula is C15H13ClF2. The van der Waals surface area contributed by atoms with Crippen molar-refractivity contribution in [1.82, 2.24) is 0 Å². The van der Waals surface area contributed by atoms with Gasteiger partial charge in [-0.25, -0.2) is 8.78 Å². The van der Waals surface area contributed by atoms with Gasteiger partial charge in [-0.3, -0.25) is 0 Å². The van der Waals surface area contributed by atoms with E-state index >= 15 is 0 Å². The summed E-state index contributed by atoms with van der Waals surface area (Å²) in [5.74, 6) is -0.494. The zero-order valence-corrected chi connectivity index (χ0v) is 10.7. The minimum atomic E-state index is -0.262. The van der Waals surface area contributed by atoms with Crippen molar-refractivity contribution >= 4 is 11.6 Å². The van der Waals surface area contributed by atoms with Crippen LogP contribution in [-0.2, 0) is 6.42 Å². The zero-order chi connectivity index (χ0) is 13.1. The molecule has 0 amide bonds. The maximum absolute atomic E-state index is 13.1. The first-order valence-electron chi connectivity index (χ1n) is 5.71. The van der Waals surface area contributed by atoms with Gasteiger partial charge in [-0.15, -0.1) is 11.6 Å². The minimum Gasteiger partial charge on any atom is -0.207 e. The van der Waals surface area contributed by atoms with Crippen molar-refractivity contribution in [3.63, 3.8) is 0 Å². The van der Waals surface area contributed by atoms with Crippen molar-refractivity contribution < 1.29 is 8.78 Å². The van der Waals surface area contributed by atoms with Gasteiger partial charge in [-0.2, -0.15) is 0 Å². The molecule has 0 aromatic heterocycles. The van der Waals surface area contributed by atoms with Crippen LogP contribution in [0.1, 0.15) is 22.1 Å². The highest BCUT2D eigenvalue weighted by Crippen LogP contribution is 2.26. The number of benzene rings is 2. The molecule has 0 radical (unpaired) electrons. The van der Waals surface area contributed by atoms with Crippen LogP contribution in [0.5, 0.6) is 0 Å². The van der Waals surface area contributed by atoms with Crippen LogP contribution >= 0.6 is 11.6 Å². The van der Waals surface area contributed by atoms with E-state index in [0.29, 0.717) is 12.0 Å². The summed E-state index contributed by atoms with van der Waals surface area (Å²) in [6.07, 6.45) is 0.590. The Morgan fingerprint density at radius 3 is 2.33 bits per heavy atom. The van der Waals surface area contributed by atoms with Crippen molar-refractivity contribution in [2.45, 2.75) is 18.7 Å². The summed E-state index contributed by atoms with van der Waals surface area (Å²) in [5.41, 5.74) is 2.41. The summed E-state index contributed by atoms with van der Waals surface area (Å²) in [5, 5.41) is -0.241. The first-order chi connectivity index (χ1) is 8.56. The van der Waals surface area contributed by atoms with Crippen LogP contribution in [0, 0.1) is 18.6 Å². The summed E-state index contributed by atoms with van der Waals surface area (Å²) in [6, 6.07) is 11.1. The average molecular weight is 267 g/mol. The fraction of sp³-hybridized carbons (Fsp3) is 0.200. The lowest BCUT2D eigenvalue weighted by atomic mass is 10.0. The Hall–Kier alpha value is -1.41. The zero-order valence-electron chi connectivity index (χ0n) is 9.96. The van der Waals surface area contributed by atoms with Gasteiger partial charge in [0.25, 0.3) is 0 Å². The molecule has 1 atom stereocenters. The smallest absolute Gasteiger partial charge is 0.126 e. The molecule has 0 heterocycles. The molecule has 2 aromatic carbocycles. The Kier molecular flexibility index (Phi) is 3.97. The molecule has 0 saturated heterocycles. The van der Waals surface area contributed by atoms with E-state index in [0.717, 1.165) is 11.1 Å². The van der Waals surface area contributed by atoms with E-state index in [-0.39, 0.29) is 17.0 Å². The predicted molar refractivity (Wildman–Crippen MR) is 69.8 cm³/mol. The van der Waals surface area contributed by atoms with Crippen molar-refractivity contribution in [2.75, 3.05) is 0 Å². The molecule has 94 valence electrons. The molecule has 0 fully saturated rings. The van der Waals surface area contributed by atoms with Crippen LogP contribution in [0.2, 0.25) is 0 Å². The van der Waals surface area contributed by atoms with Crippen LogP contribution in [0.4, 0.5) is 8.78 Å². The lowest BCUT2D eigenvalue weighted by molar-refractivity contribution is 0.617. The standard InChI is InChI=1S/C15H13ClF2/c1-10-8-12(4-7-15(10)18)14(16)9-11-2-5-13(17)6-3-11/h2-8,14H,9H2,1H3. The van der Waals surface area contributed by atoms with Crippen LogP contribution < -0.4 is 0 Å². The molecule has 0 spiro atoms.